The first-order chi connectivity index (χ1) is 24.5. The van der Waals surface area contributed by atoms with Crippen LogP contribution in [0.4, 0.5) is 0 Å². The predicted octanol–water partition coefficient (Wildman–Crippen LogP) is 9.83. The van der Waals surface area contributed by atoms with E-state index in [2.05, 4.69) is 79.9 Å². The van der Waals surface area contributed by atoms with E-state index in [-0.39, 0.29) is 12.5 Å². The number of phosphoric ester groups is 1. The third-order valence-corrected chi connectivity index (χ3v) is 9.09. The fourth-order valence-corrected chi connectivity index (χ4v) is 5.68. The molecule has 0 aliphatic carbocycles. The van der Waals surface area contributed by atoms with Gasteiger partial charge in [0.05, 0.1) is 39.9 Å². The van der Waals surface area contributed by atoms with Gasteiger partial charge in [0.15, 0.2) is 0 Å². The van der Waals surface area contributed by atoms with Crippen LogP contribution >= 0.6 is 7.82 Å². The van der Waals surface area contributed by atoms with Gasteiger partial charge in [-0.2, -0.15) is 0 Å². The van der Waals surface area contributed by atoms with Crippen LogP contribution in [0.5, 0.6) is 0 Å². The number of nitrogens with zero attached hydrogens (tertiary/aromatic N) is 1. The molecule has 0 saturated carbocycles. The molecule has 0 aromatic rings. The number of quaternary nitrogens is 1. The molecule has 0 aliphatic heterocycles. The highest BCUT2D eigenvalue weighted by molar-refractivity contribution is 7.45. The molecule has 0 saturated heterocycles. The fourth-order valence-electron chi connectivity index (χ4n) is 4.96. The van der Waals surface area contributed by atoms with E-state index < -0.39 is 26.6 Å². The standard InChI is InChI=1S/C42H75N2O6P/c1-6-8-10-12-14-16-18-19-20-21-22-23-24-25-26-28-30-32-34-36-42(46)43-40(39-50-51(47,48)49-38-37-44(3,4)5)41(45)35-33-31-29-27-17-15-13-11-9-7-2/h9,11,14,16-17,19-20,22-23,27,33,35,40-41,45H,6-8,10,12-13,15,18,21,24-26,28-32,34,36-39H2,1-5H3,(H-,43,46,47,48)/b11-9+,16-14-,20-19-,23-22-,27-17+,35-33+. The molecule has 0 spiro atoms. The molecule has 0 rings (SSSR count). The van der Waals surface area contributed by atoms with Gasteiger partial charge in [0, 0.05) is 6.42 Å². The maximum absolute atomic E-state index is 12.8. The van der Waals surface area contributed by atoms with Crippen molar-refractivity contribution in [3.63, 3.8) is 0 Å². The summed E-state index contributed by atoms with van der Waals surface area (Å²) in [4.78, 5) is 25.2. The molecule has 0 heterocycles. The first kappa shape index (κ1) is 48.9. The number of aliphatic hydroxyl groups excluding tert-OH is 1. The number of amides is 1. The topological polar surface area (TPSA) is 108 Å². The van der Waals surface area contributed by atoms with Crippen LogP contribution < -0.4 is 10.2 Å². The van der Waals surface area contributed by atoms with Crippen LogP contribution in [-0.4, -0.2) is 68.5 Å². The fraction of sp³-hybridized carbons (Fsp3) is 0.690. The number of unbranched alkanes of at least 4 members (excludes halogenated alkanes) is 11. The quantitative estimate of drug-likeness (QED) is 0.0295. The first-order valence-corrected chi connectivity index (χ1v) is 21.3. The molecule has 0 aromatic carbocycles. The van der Waals surface area contributed by atoms with E-state index in [1.165, 1.54) is 38.5 Å². The third-order valence-electron chi connectivity index (χ3n) is 8.13. The van der Waals surface area contributed by atoms with Crippen molar-refractivity contribution < 1.29 is 32.9 Å². The summed E-state index contributed by atoms with van der Waals surface area (Å²) in [7, 11) is 1.21. The highest BCUT2D eigenvalue weighted by atomic mass is 31.2. The van der Waals surface area contributed by atoms with Crippen molar-refractivity contribution in [2.24, 2.45) is 0 Å². The monoisotopic (exact) mass is 735 g/mol. The molecule has 9 heteroatoms. The SMILES string of the molecule is CC/C=C/CC/C=C/CC/C=C/C(O)C(COP(=O)([O-])OCC[N+](C)(C)C)NC(=O)CCCCCCCC/C=C\C/C=C\C/C=C\CCCCC. The number of hydrogen-bond donors (Lipinski definition) is 2. The van der Waals surface area contributed by atoms with Gasteiger partial charge in [0.1, 0.15) is 13.2 Å². The predicted molar refractivity (Wildman–Crippen MR) is 214 cm³/mol. The number of carbonyl (C=O) groups excluding carboxylic acids is 1. The summed E-state index contributed by atoms with van der Waals surface area (Å²) in [6, 6.07) is -0.917. The summed E-state index contributed by atoms with van der Waals surface area (Å²) >= 11 is 0. The number of allylic oxidation sites excluding steroid dienone is 11. The zero-order chi connectivity index (χ0) is 37.9. The molecule has 3 atom stereocenters. The molecule has 0 aliphatic rings. The van der Waals surface area contributed by atoms with Gasteiger partial charge < -0.3 is 28.8 Å². The maximum atomic E-state index is 12.8. The van der Waals surface area contributed by atoms with Crippen LogP contribution in [0.25, 0.3) is 0 Å². The van der Waals surface area contributed by atoms with Gasteiger partial charge in [0.2, 0.25) is 5.91 Å². The average molecular weight is 735 g/mol. The zero-order valence-corrected chi connectivity index (χ0v) is 33.9. The number of carbonyl (C=O) groups is 1. The Morgan fingerprint density at radius 3 is 1.80 bits per heavy atom. The van der Waals surface area contributed by atoms with Crippen molar-refractivity contribution >= 4 is 13.7 Å². The van der Waals surface area contributed by atoms with E-state index in [4.69, 9.17) is 9.05 Å². The second-order valence-corrected chi connectivity index (χ2v) is 15.6. The zero-order valence-electron chi connectivity index (χ0n) is 33.0. The molecule has 0 bridgehead atoms. The van der Waals surface area contributed by atoms with Gasteiger partial charge in [0.25, 0.3) is 7.82 Å². The lowest BCUT2D eigenvalue weighted by molar-refractivity contribution is -0.870. The summed E-state index contributed by atoms with van der Waals surface area (Å²) in [6.07, 6.45) is 43.8. The molecular weight excluding hydrogens is 659 g/mol. The number of phosphoric acid groups is 1. The van der Waals surface area contributed by atoms with Gasteiger partial charge in [-0.15, -0.1) is 0 Å². The number of rotatable bonds is 34. The molecule has 0 aromatic heterocycles. The molecular formula is C42H75N2O6P. The highest BCUT2D eigenvalue weighted by Crippen LogP contribution is 2.38. The summed E-state index contributed by atoms with van der Waals surface area (Å²) in [6.45, 7) is 4.41. The summed E-state index contributed by atoms with van der Waals surface area (Å²) < 4.78 is 23.0. The van der Waals surface area contributed by atoms with Crippen molar-refractivity contribution in [3.8, 4) is 0 Å². The van der Waals surface area contributed by atoms with E-state index in [0.29, 0.717) is 17.4 Å². The Hall–Kier alpha value is -2.06. The minimum absolute atomic E-state index is 0.0158. The van der Waals surface area contributed by atoms with Gasteiger partial charge in [-0.3, -0.25) is 9.36 Å². The number of aliphatic hydroxyl groups is 1. The molecule has 1 amide bonds. The van der Waals surface area contributed by atoms with Crippen molar-refractivity contribution in [1.82, 2.24) is 5.32 Å². The van der Waals surface area contributed by atoms with Crippen LogP contribution in [-0.2, 0) is 18.4 Å². The minimum Gasteiger partial charge on any atom is -0.756 e. The Morgan fingerprint density at radius 2 is 1.22 bits per heavy atom. The molecule has 0 radical (unpaired) electrons. The molecule has 294 valence electrons. The lowest BCUT2D eigenvalue weighted by atomic mass is 10.1. The van der Waals surface area contributed by atoms with Crippen LogP contribution in [0.3, 0.4) is 0 Å². The van der Waals surface area contributed by atoms with Crippen molar-refractivity contribution in [1.29, 1.82) is 0 Å². The Bertz CT molecular complexity index is 1060. The van der Waals surface area contributed by atoms with Crippen molar-refractivity contribution in [3.05, 3.63) is 72.9 Å². The molecule has 3 unspecified atom stereocenters. The smallest absolute Gasteiger partial charge is 0.268 e. The number of hydrogen-bond acceptors (Lipinski definition) is 6. The normalized spacial score (nSPS) is 15.4. The summed E-state index contributed by atoms with van der Waals surface area (Å²) in [5, 5.41) is 13.6. The lowest BCUT2D eigenvalue weighted by Crippen LogP contribution is -2.45. The third kappa shape index (κ3) is 36.1. The first-order valence-electron chi connectivity index (χ1n) is 19.8. The molecule has 8 nitrogen and oxygen atoms in total. The van der Waals surface area contributed by atoms with Crippen LogP contribution in [0.15, 0.2) is 72.9 Å². The van der Waals surface area contributed by atoms with Gasteiger partial charge in [-0.1, -0.05) is 125 Å². The minimum atomic E-state index is -4.60. The Kier molecular flexibility index (Phi) is 32.4. The second kappa shape index (κ2) is 33.8. The molecule has 51 heavy (non-hydrogen) atoms. The van der Waals surface area contributed by atoms with E-state index in [9.17, 15) is 19.4 Å². The van der Waals surface area contributed by atoms with Crippen LogP contribution in [0.1, 0.15) is 136 Å². The van der Waals surface area contributed by atoms with E-state index in [1.807, 2.05) is 27.2 Å². The van der Waals surface area contributed by atoms with Crippen molar-refractivity contribution in [2.75, 3.05) is 40.9 Å². The van der Waals surface area contributed by atoms with Crippen molar-refractivity contribution in [2.45, 2.75) is 148 Å². The average Bonchev–Trinajstić information content (AvgIpc) is 3.07. The largest absolute Gasteiger partial charge is 0.756 e. The second-order valence-electron chi connectivity index (χ2n) is 14.2. The van der Waals surface area contributed by atoms with Gasteiger partial charge in [-0.25, -0.2) is 0 Å². The number of nitrogens with one attached hydrogen (secondary N) is 1. The summed E-state index contributed by atoms with van der Waals surface area (Å²) in [5.74, 6) is -0.232. The van der Waals surface area contributed by atoms with Gasteiger partial charge >= 0.3 is 0 Å². The highest BCUT2D eigenvalue weighted by Gasteiger charge is 2.23. The number of likely N-dealkylation sites (N-methyl/N-ethyl adjacent to an activating group) is 1. The van der Waals surface area contributed by atoms with E-state index >= 15 is 0 Å². The van der Waals surface area contributed by atoms with E-state index in [1.54, 1.807) is 6.08 Å². The lowest BCUT2D eigenvalue weighted by Gasteiger charge is -2.29. The molecule has 2 N–H and O–H groups in total. The maximum Gasteiger partial charge on any atom is 0.268 e. The Morgan fingerprint density at radius 1 is 0.706 bits per heavy atom. The summed E-state index contributed by atoms with van der Waals surface area (Å²) in [5.41, 5.74) is 0. The van der Waals surface area contributed by atoms with Gasteiger partial charge in [-0.05, 0) is 77.0 Å². The van der Waals surface area contributed by atoms with Crippen LogP contribution in [0.2, 0.25) is 0 Å². The Labute approximate surface area is 313 Å². The molecule has 0 fully saturated rings. The van der Waals surface area contributed by atoms with E-state index in [0.717, 1.165) is 77.0 Å². The van der Waals surface area contributed by atoms with Crippen LogP contribution in [0, 0.1) is 0 Å². The Balaban J connectivity index is 4.50.